The molecule has 1 aliphatic rings. The van der Waals surface area contributed by atoms with E-state index < -0.39 is 0 Å². The lowest BCUT2D eigenvalue weighted by Crippen LogP contribution is -2.38. The molecule has 3 heteroatoms. The van der Waals surface area contributed by atoms with E-state index in [2.05, 4.69) is 16.8 Å². The van der Waals surface area contributed by atoms with Crippen LogP contribution in [-0.2, 0) is 4.74 Å². The Morgan fingerprint density at radius 2 is 2.12 bits per heavy atom. The predicted octanol–water partition coefficient (Wildman–Crippen LogP) is 2.01. The van der Waals surface area contributed by atoms with Crippen molar-refractivity contribution >= 4 is 0 Å². The Hall–Kier alpha value is -1.53. The van der Waals surface area contributed by atoms with Gasteiger partial charge in [-0.25, -0.2) is 4.98 Å². The number of methoxy groups -OCH3 is 1. The molecular formula is C13H15NO2. The topological polar surface area (TPSA) is 31.4 Å². The molecule has 0 spiro atoms. The number of ether oxygens (including phenoxy) is 2. The third-order valence-electron chi connectivity index (χ3n) is 2.68. The van der Waals surface area contributed by atoms with Crippen molar-refractivity contribution in [3.8, 4) is 17.6 Å². The first-order chi connectivity index (χ1) is 7.81. The van der Waals surface area contributed by atoms with Gasteiger partial charge in [-0.2, -0.15) is 0 Å². The van der Waals surface area contributed by atoms with Crippen molar-refractivity contribution in [3.63, 3.8) is 0 Å². The second-order valence-corrected chi connectivity index (χ2v) is 3.82. The van der Waals surface area contributed by atoms with Crippen LogP contribution in [-0.4, -0.2) is 24.3 Å². The highest BCUT2D eigenvalue weighted by atomic mass is 16.5. The Balaban J connectivity index is 1.88. The highest BCUT2D eigenvalue weighted by Gasteiger charge is 2.30. The quantitative estimate of drug-likeness (QED) is 0.726. The Morgan fingerprint density at radius 3 is 2.69 bits per heavy atom. The summed E-state index contributed by atoms with van der Waals surface area (Å²) >= 11 is 0. The number of rotatable bonds is 3. The fourth-order valence-corrected chi connectivity index (χ4v) is 1.65. The second-order valence-electron chi connectivity index (χ2n) is 3.82. The molecule has 1 heterocycles. The lowest BCUT2D eigenvalue weighted by Gasteiger charge is -2.33. The van der Waals surface area contributed by atoms with Crippen LogP contribution in [0.15, 0.2) is 18.3 Å². The minimum atomic E-state index is 0.273. The zero-order valence-corrected chi connectivity index (χ0v) is 9.56. The van der Waals surface area contributed by atoms with Gasteiger partial charge in [0, 0.05) is 20.0 Å². The van der Waals surface area contributed by atoms with Gasteiger partial charge in [0.15, 0.2) is 0 Å². The van der Waals surface area contributed by atoms with E-state index in [4.69, 9.17) is 9.47 Å². The molecule has 0 aliphatic heterocycles. The van der Waals surface area contributed by atoms with Crippen molar-refractivity contribution in [1.82, 2.24) is 4.98 Å². The molecule has 3 nitrogen and oxygen atoms in total. The highest BCUT2D eigenvalue weighted by molar-refractivity contribution is 5.30. The van der Waals surface area contributed by atoms with Crippen LogP contribution in [0.4, 0.5) is 0 Å². The van der Waals surface area contributed by atoms with Gasteiger partial charge in [0.2, 0.25) is 0 Å². The lowest BCUT2D eigenvalue weighted by molar-refractivity contribution is -0.0382. The van der Waals surface area contributed by atoms with Crippen LogP contribution >= 0.6 is 0 Å². The third-order valence-corrected chi connectivity index (χ3v) is 2.68. The van der Waals surface area contributed by atoms with Crippen LogP contribution in [0.5, 0.6) is 5.75 Å². The molecular weight excluding hydrogens is 202 g/mol. The monoisotopic (exact) mass is 217 g/mol. The zero-order chi connectivity index (χ0) is 11.4. The summed E-state index contributed by atoms with van der Waals surface area (Å²) in [5.74, 6) is 6.51. The van der Waals surface area contributed by atoms with E-state index in [1.807, 2.05) is 12.1 Å². The lowest BCUT2D eigenvalue weighted by atomic mass is 9.92. The van der Waals surface area contributed by atoms with Gasteiger partial charge in [-0.15, -0.1) is 0 Å². The van der Waals surface area contributed by atoms with E-state index >= 15 is 0 Å². The van der Waals surface area contributed by atoms with Gasteiger partial charge in [-0.3, -0.25) is 0 Å². The molecule has 16 heavy (non-hydrogen) atoms. The first-order valence-corrected chi connectivity index (χ1v) is 5.40. The second kappa shape index (κ2) is 5.00. The highest BCUT2D eigenvalue weighted by Crippen LogP contribution is 2.27. The van der Waals surface area contributed by atoms with Gasteiger partial charge in [0.1, 0.15) is 17.5 Å². The maximum Gasteiger partial charge on any atom is 0.138 e. The number of pyridine rings is 1. The van der Waals surface area contributed by atoms with Gasteiger partial charge in [0.25, 0.3) is 0 Å². The zero-order valence-electron chi connectivity index (χ0n) is 9.56. The summed E-state index contributed by atoms with van der Waals surface area (Å²) < 4.78 is 10.9. The van der Waals surface area contributed by atoms with Crippen molar-refractivity contribution in [1.29, 1.82) is 0 Å². The van der Waals surface area contributed by atoms with Crippen LogP contribution in [0, 0.1) is 11.8 Å². The summed E-state index contributed by atoms with van der Waals surface area (Å²) in [5, 5.41) is 0. The SMILES string of the molecule is CC#Cc1ccc(OC2CC(OC)C2)cn1. The van der Waals surface area contributed by atoms with Gasteiger partial charge >= 0.3 is 0 Å². The molecule has 0 N–H and O–H groups in total. The van der Waals surface area contributed by atoms with Crippen LogP contribution in [0.2, 0.25) is 0 Å². The molecule has 0 radical (unpaired) electrons. The predicted molar refractivity (Wildman–Crippen MR) is 61.2 cm³/mol. The average Bonchev–Trinajstić information content (AvgIpc) is 2.25. The molecule has 2 rings (SSSR count). The van der Waals surface area contributed by atoms with Gasteiger partial charge in [-0.05, 0) is 25.0 Å². The maximum absolute atomic E-state index is 5.72. The molecule has 0 atom stereocenters. The van der Waals surface area contributed by atoms with Crippen LogP contribution in [0.25, 0.3) is 0 Å². The molecule has 0 amide bonds. The third kappa shape index (κ3) is 2.53. The van der Waals surface area contributed by atoms with Gasteiger partial charge in [0.05, 0.1) is 12.3 Å². The maximum atomic E-state index is 5.72. The van der Waals surface area contributed by atoms with E-state index in [-0.39, 0.29) is 6.10 Å². The minimum absolute atomic E-state index is 0.273. The summed E-state index contributed by atoms with van der Waals surface area (Å²) in [5.41, 5.74) is 0.776. The van der Waals surface area contributed by atoms with Crippen molar-refractivity contribution in [2.75, 3.05) is 7.11 Å². The van der Waals surface area contributed by atoms with Crippen molar-refractivity contribution in [2.45, 2.75) is 32.0 Å². The Labute approximate surface area is 95.8 Å². The molecule has 0 unspecified atom stereocenters. The molecule has 1 saturated carbocycles. The van der Waals surface area contributed by atoms with E-state index in [1.165, 1.54) is 0 Å². The fraction of sp³-hybridized carbons (Fsp3) is 0.462. The van der Waals surface area contributed by atoms with Crippen LogP contribution in [0.1, 0.15) is 25.5 Å². The van der Waals surface area contributed by atoms with Gasteiger partial charge in [-0.1, -0.05) is 5.92 Å². The number of aromatic nitrogens is 1. The van der Waals surface area contributed by atoms with E-state index in [1.54, 1.807) is 20.2 Å². The molecule has 0 saturated heterocycles. The van der Waals surface area contributed by atoms with Crippen LogP contribution < -0.4 is 4.74 Å². The molecule has 1 aromatic heterocycles. The van der Waals surface area contributed by atoms with Crippen molar-refractivity contribution in [2.24, 2.45) is 0 Å². The van der Waals surface area contributed by atoms with Crippen molar-refractivity contribution < 1.29 is 9.47 Å². The van der Waals surface area contributed by atoms with E-state index in [0.29, 0.717) is 6.10 Å². The fourth-order valence-electron chi connectivity index (χ4n) is 1.65. The smallest absolute Gasteiger partial charge is 0.138 e. The normalized spacial score (nSPS) is 22.9. The molecule has 1 aliphatic carbocycles. The largest absolute Gasteiger partial charge is 0.489 e. The average molecular weight is 217 g/mol. The first kappa shape index (κ1) is 11.0. The molecule has 1 fully saturated rings. The summed E-state index contributed by atoms with van der Waals surface area (Å²) in [6.45, 7) is 1.80. The minimum Gasteiger partial charge on any atom is -0.489 e. The summed E-state index contributed by atoms with van der Waals surface area (Å²) in [7, 11) is 1.74. The van der Waals surface area contributed by atoms with Gasteiger partial charge < -0.3 is 9.47 Å². The summed E-state index contributed by atoms with van der Waals surface area (Å²) in [6, 6.07) is 3.78. The summed E-state index contributed by atoms with van der Waals surface area (Å²) in [4.78, 5) is 4.19. The van der Waals surface area contributed by atoms with Crippen LogP contribution in [0.3, 0.4) is 0 Å². The molecule has 84 valence electrons. The van der Waals surface area contributed by atoms with E-state index in [9.17, 15) is 0 Å². The summed E-state index contributed by atoms with van der Waals surface area (Å²) in [6.07, 6.45) is 4.29. The Bertz CT molecular complexity index is 396. The molecule has 0 bridgehead atoms. The molecule has 0 aromatic carbocycles. The number of nitrogens with zero attached hydrogens (tertiary/aromatic N) is 1. The van der Waals surface area contributed by atoms with E-state index in [0.717, 1.165) is 24.3 Å². The standard InChI is InChI=1S/C13H15NO2/c1-3-4-10-5-6-11(9-14-10)16-13-7-12(8-13)15-2/h5-6,9,12-13H,7-8H2,1-2H3. The van der Waals surface area contributed by atoms with Crippen molar-refractivity contribution in [3.05, 3.63) is 24.0 Å². The number of hydrogen-bond acceptors (Lipinski definition) is 3. The molecule has 1 aromatic rings. The Morgan fingerprint density at radius 1 is 1.31 bits per heavy atom. The first-order valence-electron chi connectivity index (χ1n) is 5.40. The Kier molecular flexibility index (Phi) is 3.43. The number of hydrogen-bond donors (Lipinski definition) is 0.